The molecule has 0 unspecified atom stereocenters. The lowest BCUT2D eigenvalue weighted by Crippen LogP contribution is -2.34. The van der Waals surface area contributed by atoms with Crippen LogP contribution in [-0.4, -0.2) is 52.8 Å². The highest BCUT2D eigenvalue weighted by Crippen LogP contribution is 2.30. The molecule has 1 aliphatic heterocycles. The van der Waals surface area contributed by atoms with Crippen molar-refractivity contribution in [2.75, 3.05) is 13.1 Å². The summed E-state index contributed by atoms with van der Waals surface area (Å²) in [7, 11) is 0. The summed E-state index contributed by atoms with van der Waals surface area (Å²) in [5, 5.41) is 1.85. The summed E-state index contributed by atoms with van der Waals surface area (Å²) >= 11 is 0. The third kappa shape index (κ3) is 6.15. The van der Waals surface area contributed by atoms with Crippen LogP contribution in [0.3, 0.4) is 0 Å². The first-order valence-corrected chi connectivity index (χ1v) is 11.3. The van der Waals surface area contributed by atoms with Gasteiger partial charge in [-0.25, -0.2) is 0 Å². The highest BCUT2D eigenvalue weighted by molar-refractivity contribution is 5.95. The molecule has 0 spiro atoms. The first kappa shape index (κ1) is 23.8. The summed E-state index contributed by atoms with van der Waals surface area (Å²) in [6.45, 7) is 0.169. The first-order valence-electron chi connectivity index (χ1n) is 11.3. The number of halogens is 3. The molecule has 1 saturated heterocycles. The normalized spacial score (nSPS) is 16.0. The second-order valence-corrected chi connectivity index (χ2v) is 8.78. The lowest BCUT2D eigenvalue weighted by molar-refractivity contribution is -0.128. The molecule has 4 rings (SSSR count). The van der Waals surface area contributed by atoms with Crippen LogP contribution < -0.4 is 5.32 Å². The molecule has 180 valence electrons. The number of carbonyl (C=O) groups is 3. The highest BCUT2D eigenvalue weighted by atomic mass is 19.4. The molecule has 0 bridgehead atoms. The van der Waals surface area contributed by atoms with Crippen LogP contribution in [0.1, 0.15) is 57.5 Å². The number of alkyl halides is 3. The number of rotatable bonds is 8. The zero-order valence-corrected chi connectivity index (χ0v) is 18.6. The van der Waals surface area contributed by atoms with Gasteiger partial charge in [0.25, 0.3) is 11.8 Å². The van der Waals surface area contributed by atoms with Crippen molar-refractivity contribution in [1.29, 1.82) is 0 Å². The van der Waals surface area contributed by atoms with Crippen molar-refractivity contribution < 1.29 is 27.6 Å². The average molecular weight is 473 g/mol. The van der Waals surface area contributed by atoms with Crippen LogP contribution in [0.2, 0.25) is 0 Å². The fourth-order valence-electron chi connectivity index (χ4n) is 4.05. The van der Waals surface area contributed by atoms with Gasteiger partial charge in [-0.1, -0.05) is 24.3 Å². The molecule has 0 aromatic heterocycles. The summed E-state index contributed by atoms with van der Waals surface area (Å²) in [5.74, 6) is -0.775. The summed E-state index contributed by atoms with van der Waals surface area (Å²) in [6.07, 6.45) is -1.23. The Morgan fingerprint density at radius 2 is 1.76 bits per heavy atom. The topological polar surface area (TPSA) is 69.7 Å². The van der Waals surface area contributed by atoms with Gasteiger partial charge in [0.05, 0.1) is 0 Å². The smallest absolute Gasteiger partial charge is 0.343 e. The summed E-state index contributed by atoms with van der Waals surface area (Å²) in [5.41, 5.74) is 2.37. The van der Waals surface area contributed by atoms with E-state index in [0.717, 1.165) is 36.9 Å². The Bertz CT molecular complexity index is 1070. The van der Waals surface area contributed by atoms with Gasteiger partial charge in [0, 0.05) is 43.2 Å². The standard InChI is InChI=1S/C25H26F3N3O3/c26-25(27,28)16-29-23(33)19-8-6-17(7-9-19)15-31(21-10-11-21)24(34)20-4-1-3-18(13-20)14-30-12-2-5-22(30)32/h1,3-4,6-9,13,21H,2,5,10-12,14-16H2,(H,29,33). The molecule has 34 heavy (non-hydrogen) atoms. The van der Waals surface area contributed by atoms with E-state index in [9.17, 15) is 27.6 Å². The van der Waals surface area contributed by atoms with E-state index in [1.807, 2.05) is 23.5 Å². The van der Waals surface area contributed by atoms with Gasteiger partial charge in [-0.2, -0.15) is 13.2 Å². The van der Waals surface area contributed by atoms with Gasteiger partial charge < -0.3 is 15.1 Å². The van der Waals surface area contributed by atoms with Gasteiger partial charge in [-0.15, -0.1) is 0 Å². The van der Waals surface area contributed by atoms with E-state index in [1.54, 1.807) is 28.0 Å². The van der Waals surface area contributed by atoms with Crippen LogP contribution in [0.25, 0.3) is 0 Å². The summed E-state index contributed by atoms with van der Waals surface area (Å²) in [6, 6.07) is 13.7. The Labute approximate surface area is 195 Å². The average Bonchev–Trinajstić information content (AvgIpc) is 3.58. The van der Waals surface area contributed by atoms with Gasteiger partial charge >= 0.3 is 6.18 Å². The van der Waals surface area contributed by atoms with Gasteiger partial charge in [-0.05, 0) is 54.7 Å². The van der Waals surface area contributed by atoms with E-state index in [1.165, 1.54) is 12.1 Å². The van der Waals surface area contributed by atoms with Crippen molar-refractivity contribution in [2.45, 2.75) is 51.0 Å². The number of likely N-dealkylation sites (tertiary alicyclic amines) is 1. The molecule has 0 atom stereocenters. The molecular weight excluding hydrogens is 447 g/mol. The molecule has 0 radical (unpaired) electrons. The van der Waals surface area contributed by atoms with E-state index < -0.39 is 18.6 Å². The van der Waals surface area contributed by atoms with E-state index in [4.69, 9.17) is 0 Å². The van der Waals surface area contributed by atoms with Crippen molar-refractivity contribution in [3.05, 3.63) is 70.8 Å². The monoisotopic (exact) mass is 473 g/mol. The number of nitrogens with zero attached hydrogens (tertiary/aromatic N) is 2. The second kappa shape index (κ2) is 9.87. The van der Waals surface area contributed by atoms with Crippen LogP contribution in [-0.2, 0) is 17.9 Å². The maximum Gasteiger partial charge on any atom is 0.405 e. The van der Waals surface area contributed by atoms with E-state index >= 15 is 0 Å². The number of benzene rings is 2. The Hall–Kier alpha value is -3.36. The third-order valence-corrected chi connectivity index (χ3v) is 5.99. The predicted molar refractivity (Wildman–Crippen MR) is 119 cm³/mol. The van der Waals surface area contributed by atoms with Crippen molar-refractivity contribution in [3.63, 3.8) is 0 Å². The highest BCUT2D eigenvalue weighted by Gasteiger charge is 2.33. The lowest BCUT2D eigenvalue weighted by atomic mass is 10.1. The Morgan fingerprint density at radius 1 is 1.03 bits per heavy atom. The largest absolute Gasteiger partial charge is 0.405 e. The lowest BCUT2D eigenvalue weighted by Gasteiger charge is -2.23. The quantitative estimate of drug-likeness (QED) is 0.632. The molecule has 6 nitrogen and oxygen atoms in total. The molecule has 1 heterocycles. The van der Waals surface area contributed by atoms with Crippen molar-refractivity contribution in [1.82, 2.24) is 15.1 Å². The van der Waals surface area contributed by atoms with E-state index in [2.05, 4.69) is 0 Å². The number of hydrogen-bond donors (Lipinski definition) is 1. The van der Waals surface area contributed by atoms with Crippen molar-refractivity contribution in [2.24, 2.45) is 0 Å². The van der Waals surface area contributed by atoms with Crippen molar-refractivity contribution >= 4 is 17.7 Å². The number of amides is 3. The number of hydrogen-bond acceptors (Lipinski definition) is 3. The van der Waals surface area contributed by atoms with Gasteiger partial charge in [0.2, 0.25) is 5.91 Å². The molecule has 2 aliphatic rings. The van der Waals surface area contributed by atoms with Crippen LogP contribution in [0.4, 0.5) is 13.2 Å². The fourth-order valence-corrected chi connectivity index (χ4v) is 4.05. The third-order valence-electron chi connectivity index (χ3n) is 5.99. The SMILES string of the molecule is O=C(NCC(F)(F)F)c1ccc(CN(C(=O)c2cccc(CN3CCCC3=O)c2)C2CC2)cc1. The number of nitrogens with one attached hydrogen (secondary N) is 1. The molecule has 2 fully saturated rings. The van der Waals surface area contributed by atoms with Crippen LogP contribution >= 0.6 is 0 Å². The number of carbonyl (C=O) groups excluding carboxylic acids is 3. The second-order valence-electron chi connectivity index (χ2n) is 8.78. The molecule has 1 N–H and O–H groups in total. The summed E-state index contributed by atoms with van der Waals surface area (Å²) in [4.78, 5) is 40.7. The summed E-state index contributed by atoms with van der Waals surface area (Å²) < 4.78 is 36.9. The van der Waals surface area contributed by atoms with Gasteiger partial charge in [0.1, 0.15) is 6.54 Å². The fraction of sp³-hybridized carbons (Fsp3) is 0.400. The van der Waals surface area contributed by atoms with Crippen LogP contribution in [0.5, 0.6) is 0 Å². The zero-order valence-electron chi connectivity index (χ0n) is 18.6. The van der Waals surface area contributed by atoms with E-state index in [-0.39, 0.29) is 23.4 Å². The Balaban J connectivity index is 1.42. The molecule has 1 saturated carbocycles. The van der Waals surface area contributed by atoms with E-state index in [0.29, 0.717) is 25.1 Å². The van der Waals surface area contributed by atoms with Crippen molar-refractivity contribution in [3.8, 4) is 0 Å². The molecule has 2 aromatic carbocycles. The molecule has 1 aliphatic carbocycles. The maximum absolute atomic E-state index is 13.3. The van der Waals surface area contributed by atoms with Gasteiger partial charge in [0.15, 0.2) is 0 Å². The maximum atomic E-state index is 13.3. The minimum Gasteiger partial charge on any atom is -0.343 e. The van der Waals surface area contributed by atoms with Crippen LogP contribution in [0, 0.1) is 0 Å². The molecule has 3 amide bonds. The Kier molecular flexibility index (Phi) is 6.90. The first-order chi connectivity index (χ1) is 16.2. The molecular formula is C25H26F3N3O3. The minimum atomic E-state index is -4.47. The predicted octanol–water partition coefficient (Wildman–Crippen LogP) is 3.91. The molecule has 9 heteroatoms. The minimum absolute atomic E-state index is 0.107. The van der Waals surface area contributed by atoms with Gasteiger partial charge in [-0.3, -0.25) is 14.4 Å². The Morgan fingerprint density at radius 3 is 2.38 bits per heavy atom. The van der Waals surface area contributed by atoms with Crippen LogP contribution in [0.15, 0.2) is 48.5 Å². The molecule has 2 aromatic rings. The zero-order chi connectivity index (χ0) is 24.3.